The molecule has 0 radical (unpaired) electrons. The molecule has 21 heavy (non-hydrogen) atoms. The van der Waals surface area contributed by atoms with Crippen molar-refractivity contribution in [1.29, 1.82) is 0 Å². The Morgan fingerprint density at radius 2 is 2.10 bits per heavy atom. The van der Waals surface area contributed by atoms with Crippen LogP contribution in [0.4, 0.5) is 0 Å². The summed E-state index contributed by atoms with van der Waals surface area (Å²) < 4.78 is 31.3. The second-order valence-corrected chi connectivity index (χ2v) is 6.86. The van der Waals surface area contributed by atoms with Gasteiger partial charge in [0.25, 0.3) is 0 Å². The molecule has 1 aromatic carbocycles. The van der Waals surface area contributed by atoms with E-state index in [0.717, 1.165) is 6.42 Å². The van der Waals surface area contributed by atoms with Gasteiger partial charge in [-0.15, -0.1) is 0 Å². The molecule has 1 aromatic rings. The van der Waals surface area contributed by atoms with E-state index in [1.807, 2.05) is 6.92 Å². The van der Waals surface area contributed by atoms with Gasteiger partial charge < -0.3 is 9.84 Å². The van der Waals surface area contributed by atoms with Gasteiger partial charge in [-0.05, 0) is 31.5 Å². The first kappa shape index (κ1) is 17.6. The van der Waals surface area contributed by atoms with Crippen molar-refractivity contribution in [3.8, 4) is 0 Å². The number of esters is 1. The highest BCUT2D eigenvalue weighted by atomic mass is 32.2. The van der Waals surface area contributed by atoms with Crippen molar-refractivity contribution in [2.24, 2.45) is 0 Å². The molecule has 7 heteroatoms. The molecule has 0 aliphatic heterocycles. The highest BCUT2D eigenvalue weighted by molar-refractivity contribution is 7.89. The number of sulfonamides is 1. The minimum absolute atomic E-state index is 0.0438. The fraction of sp³-hybridized carbons (Fsp3) is 0.500. The third-order valence-corrected chi connectivity index (χ3v) is 4.40. The van der Waals surface area contributed by atoms with E-state index in [1.165, 1.54) is 31.4 Å². The van der Waals surface area contributed by atoms with E-state index in [9.17, 15) is 18.3 Å². The SMILES string of the molecule is CCCC(C)(O)CNS(=O)(=O)c1cccc(C(=O)OC)c1. The van der Waals surface area contributed by atoms with Gasteiger partial charge >= 0.3 is 5.97 Å². The van der Waals surface area contributed by atoms with Crippen molar-refractivity contribution in [2.75, 3.05) is 13.7 Å². The minimum Gasteiger partial charge on any atom is -0.465 e. The molecule has 118 valence electrons. The average Bonchev–Trinajstić information content (AvgIpc) is 2.45. The van der Waals surface area contributed by atoms with Gasteiger partial charge in [0.2, 0.25) is 10.0 Å². The maximum absolute atomic E-state index is 12.2. The summed E-state index contributed by atoms with van der Waals surface area (Å²) in [6.07, 6.45) is 1.23. The lowest BCUT2D eigenvalue weighted by Gasteiger charge is -2.22. The molecule has 1 atom stereocenters. The minimum atomic E-state index is -3.79. The standard InChI is InChI=1S/C14H21NO5S/c1-4-8-14(2,17)10-15-21(18,19)12-7-5-6-11(9-12)13(16)20-3/h5-7,9,15,17H,4,8,10H2,1-3H3. The topological polar surface area (TPSA) is 92.7 Å². The normalized spacial score (nSPS) is 14.5. The molecule has 0 saturated carbocycles. The van der Waals surface area contributed by atoms with E-state index in [0.29, 0.717) is 6.42 Å². The maximum Gasteiger partial charge on any atom is 0.337 e. The number of hydrogen-bond donors (Lipinski definition) is 2. The van der Waals surface area contributed by atoms with Crippen LogP contribution in [0.3, 0.4) is 0 Å². The third-order valence-electron chi connectivity index (χ3n) is 3.00. The number of carbonyl (C=O) groups is 1. The van der Waals surface area contributed by atoms with E-state index in [2.05, 4.69) is 9.46 Å². The maximum atomic E-state index is 12.2. The lowest BCUT2D eigenvalue weighted by Crippen LogP contribution is -2.40. The summed E-state index contributed by atoms with van der Waals surface area (Å²) in [6, 6.07) is 5.55. The zero-order chi connectivity index (χ0) is 16.1. The zero-order valence-corrected chi connectivity index (χ0v) is 13.2. The van der Waals surface area contributed by atoms with Crippen molar-refractivity contribution >= 4 is 16.0 Å². The Labute approximate surface area is 125 Å². The van der Waals surface area contributed by atoms with Gasteiger partial charge in [-0.1, -0.05) is 19.4 Å². The van der Waals surface area contributed by atoms with Crippen molar-refractivity contribution in [3.63, 3.8) is 0 Å². The Bertz CT molecular complexity index is 595. The number of benzene rings is 1. The summed E-state index contributed by atoms with van der Waals surface area (Å²) in [5.74, 6) is -0.606. The van der Waals surface area contributed by atoms with Crippen LogP contribution in [0.5, 0.6) is 0 Å². The summed E-state index contributed by atoms with van der Waals surface area (Å²) in [5, 5.41) is 10.0. The van der Waals surface area contributed by atoms with Crippen LogP contribution in [0, 0.1) is 0 Å². The smallest absolute Gasteiger partial charge is 0.337 e. The zero-order valence-electron chi connectivity index (χ0n) is 12.4. The van der Waals surface area contributed by atoms with Gasteiger partial charge in [-0.3, -0.25) is 0 Å². The Balaban J connectivity index is 2.91. The molecule has 2 N–H and O–H groups in total. The van der Waals surface area contributed by atoms with E-state index in [1.54, 1.807) is 6.92 Å². The van der Waals surface area contributed by atoms with Crippen molar-refractivity contribution in [1.82, 2.24) is 4.72 Å². The van der Waals surface area contributed by atoms with E-state index >= 15 is 0 Å². The number of aliphatic hydroxyl groups is 1. The predicted octanol–water partition coefficient (Wildman–Crippen LogP) is 1.30. The van der Waals surface area contributed by atoms with Crippen LogP contribution in [0.15, 0.2) is 29.2 Å². The Kier molecular flexibility index (Phi) is 5.88. The van der Waals surface area contributed by atoms with Crippen LogP contribution >= 0.6 is 0 Å². The summed E-state index contributed by atoms with van der Waals surface area (Å²) in [7, 11) is -2.57. The van der Waals surface area contributed by atoms with Crippen LogP contribution < -0.4 is 4.72 Å². The fourth-order valence-electron chi connectivity index (χ4n) is 1.87. The molecule has 0 spiro atoms. The van der Waals surface area contributed by atoms with Crippen LogP contribution in [-0.2, 0) is 14.8 Å². The number of ether oxygens (including phenoxy) is 1. The predicted molar refractivity (Wildman–Crippen MR) is 78.5 cm³/mol. The molecule has 0 saturated heterocycles. The number of rotatable bonds is 7. The van der Waals surface area contributed by atoms with Crippen LogP contribution in [0.25, 0.3) is 0 Å². The van der Waals surface area contributed by atoms with Crippen molar-refractivity contribution in [2.45, 2.75) is 37.2 Å². The molecular weight excluding hydrogens is 294 g/mol. The first-order valence-corrected chi connectivity index (χ1v) is 8.10. The number of hydrogen-bond acceptors (Lipinski definition) is 5. The molecule has 1 rings (SSSR count). The third kappa shape index (κ3) is 5.11. The number of carbonyl (C=O) groups excluding carboxylic acids is 1. The van der Waals surface area contributed by atoms with Crippen LogP contribution in [-0.4, -0.2) is 38.7 Å². The van der Waals surface area contributed by atoms with Gasteiger partial charge in [0.1, 0.15) is 0 Å². The number of nitrogens with one attached hydrogen (secondary N) is 1. The van der Waals surface area contributed by atoms with Crippen LogP contribution in [0.1, 0.15) is 37.0 Å². The molecular formula is C14H21NO5S. The second-order valence-electron chi connectivity index (χ2n) is 5.09. The summed E-state index contributed by atoms with van der Waals surface area (Å²) in [6.45, 7) is 3.39. The molecule has 0 amide bonds. The Morgan fingerprint density at radius 3 is 2.67 bits per heavy atom. The van der Waals surface area contributed by atoms with Gasteiger partial charge in [0.05, 0.1) is 23.2 Å². The quantitative estimate of drug-likeness (QED) is 0.740. The summed E-state index contributed by atoms with van der Waals surface area (Å²) >= 11 is 0. The first-order valence-electron chi connectivity index (χ1n) is 6.62. The summed E-state index contributed by atoms with van der Waals surface area (Å²) in [4.78, 5) is 11.4. The largest absolute Gasteiger partial charge is 0.465 e. The molecule has 1 unspecified atom stereocenters. The van der Waals surface area contributed by atoms with Crippen LogP contribution in [0.2, 0.25) is 0 Å². The van der Waals surface area contributed by atoms with Gasteiger partial charge in [0, 0.05) is 6.54 Å². The first-order chi connectivity index (χ1) is 9.72. The lowest BCUT2D eigenvalue weighted by atomic mass is 10.0. The molecule has 0 heterocycles. The van der Waals surface area contributed by atoms with E-state index in [-0.39, 0.29) is 17.0 Å². The monoisotopic (exact) mass is 315 g/mol. The van der Waals surface area contributed by atoms with Gasteiger partial charge in [0.15, 0.2) is 0 Å². The molecule has 0 aromatic heterocycles. The van der Waals surface area contributed by atoms with Gasteiger partial charge in [-0.25, -0.2) is 17.9 Å². The molecule has 0 bridgehead atoms. The Morgan fingerprint density at radius 1 is 1.43 bits per heavy atom. The summed E-state index contributed by atoms with van der Waals surface area (Å²) in [5.41, 5.74) is -0.956. The van der Waals surface area contributed by atoms with Gasteiger partial charge in [-0.2, -0.15) is 0 Å². The highest BCUT2D eigenvalue weighted by Gasteiger charge is 2.23. The van der Waals surface area contributed by atoms with Crippen molar-refractivity contribution < 1.29 is 23.1 Å². The number of methoxy groups -OCH3 is 1. The molecule has 0 fully saturated rings. The van der Waals surface area contributed by atoms with E-state index < -0.39 is 21.6 Å². The highest BCUT2D eigenvalue weighted by Crippen LogP contribution is 2.15. The van der Waals surface area contributed by atoms with Crippen molar-refractivity contribution in [3.05, 3.63) is 29.8 Å². The molecule has 0 aliphatic rings. The lowest BCUT2D eigenvalue weighted by molar-refractivity contribution is 0.0553. The molecule has 0 aliphatic carbocycles. The fourth-order valence-corrected chi connectivity index (χ4v) is 3.08. The molecule has 6 nitrogen and oxygen atoms in total. The Hall–Kier alpha value is -1.44. The average molecular weight is 315 g/mol. The van der Waals surface area contributed by atoms with E-state index in [4.69, 9.17) is 0 Å². The second kappa shape index (κ2) is 7.02.